The van der Waals surface area contributed by atoms with Gasteiger partial charge in [-0.1, -0.05) is 15.9 Å². The molecule has 0 heterocycles. The zero-order valence-corrected chi connectivity index (χ0v) is 11.6. The van der Waals surface area contributed by atoms with Gasteiger partial charge in [0.25, 0.3) is 0 Å². The van der Waals surface area contributed by atoms with Crippen molar-refractivity contribution in [2.75, 3.05) is 5.32 Å². The quantitative estimate of drug-likeness (QED) is 0.662. The van der Waals surface area contributed by atoms with E-state index in [1.165, 1.54) is 18.2 Å². The van der Waals surface area contributed by atoms with Crippen molar-refractivity contribution in [3.63, 3.8) is 0 Å². The fraction of sp³-hybridized carbons (Fsp3) is 0. The van der Waals surface area contributed by atoms with E-state index in [0.29, 0.717) is 5.56 Å². The van der Waals surface area contributed by atoms with Crippen molar-refractivity contribution in [3.8, 4) is 5.75 Å². The largest absolute Gasteiger partial charge is 0.508 e. The van der Waals surface area contributed by atoms with Crippen molar-refractivity contribution in [1.29, 1.82) is 0 Å². The molecular formula is C15H12BrNO2. The van der Waals surface area contributed by atoms with Crippen LogP contribution in [0.3, 0.4) is 0 Å². The standard InChI is InChI=1S/C15H12BrNO2/c16-12-3-5-13(6-4-12)17-10-9-15(19)11-1-7-14(18)8-2-11/h1-10,17-18H. The van der Waals surface area contributed by atoms with Crippen LogP contribution in [0.1, 0.15) is 10.4 Å². The summed E-state index contributed by atoms with van der Waals surface area (Å²) in [5, 5.41) is 12.2. The average molecular weight is 318 g/mol. The number of allylic oxidation sites excluding steroid dienone is 1. The first-order chi connectivity index (χ1) is 9.15. The molecule has 2 N–H and O–H groups in total. The third kappa shape index (κ3) is 3.96. The van der Waals surface area contributed by atoms with Gasteiger partial charge in [0.15, 0.2) is 5.78 Å². The van der Waals surface area contributed by atoms with Gasteiger partial charge in [0.05, 0.1) is 0 Å². The van der Waals surface area contributed by atoms with Crippen LogP contribution >= 0.6 is 15.9 Å². The van der Waals surface area contributed by atoms with Crippen LogP contribution in [0.5, 0.6) is 5.75 Å². The Bertz CT molecular complexity index is 589. The molecule has 2 aromatic rings. The number of hydrogen-bond acceptors (Lipinski definition) is 3. The average Bonchev–Trinajstić information content (AvgIpc) is 2.41. The van der Waals surface area contributed by atoms with Crippen LogP contribution in [0.25, 0.3) is 0 Å². The Morgan fingerprint density at radius 3 is 2.32 bits per heavy atom. The maximum absolute atomic E-state index is 11.8. The Labute approximate surface area is 119 Å². The molecule has 0 atom stereocenters. The van der Waals surface area contributed by atoms with E-state index < -0.39 is 0 Å². The Morgan fingerprint density at radius 1 is 1.05 bits per heavy atom. The van der Waals surface area contributed by atoms with Gasteiger partial charge in [-0.05, 0) is 48.5 Å². The number of halogens is 1. The second-order valence-corrected chi connectivity index (χ2v) is 4.81. The summed E-state index contributed by atoms with van der Waals surface area (Å²) < 4.78 is 1.00. The molecule has 0 unspecified atom stereocenters. The number of aromatic hydroxyl groups is 1. The molecule has 3 nitrogen and oxygen atoms in total. The minimum atomic E-state index is -0.121. The lowest BCUT2D eigenvalue weighted by Gasteiger charge is -2.00. The van der Waals surface area contributed by atoms with Crippen molar-refractivity contribution in [3.05, 3.63) is 70.8 Å². The van der Waals surface area contributed by atoms with Gasteiger partial charge in [-0.2, -0.15) is 0 Å². The van der Waals surface area contributed by atoms with Gasteiger partial charge >= 0.3 is 0 Å². The van der Waals surface area contributed by atoms with Crippen LogP contribution in [-0.2, 0) is 0 Å². The Balaban J connectivity index is 1.97. The van der Waals surface area contributed by atoms with E-state index in [1.54, 1.807) is 18.3 Å². The van der Waals surface area contributed by atoms with Gasteiger partial charge in [0.2, 0.25) is 0 Å². The maximum atomic E-state index is 11.8. The van der Waals surface area contributed by atoms with Crippen LogP contribution < -0.4 is 5.32 Å². The molecule has 0 aromatic heterocycles. The van der Waals surface area contributed by atoms with E-state index in [1.807, 2.05) is 24.3 Å². The summed E-state index contributed by atoms with van der Waals surface area (Å²) in [4.78, 5) is 11.8. The Hall–Kier alpha value is -2.07. The zero-order chi connectivity index (χ0) is 13.7. The molecule has 4 heteroatoms. The number of carbonyl (C=O) groups excluding carboxylic acids is 1. The van der Waals surface area contributed by atoms with E-state index in [0.717, 1.165) is 10.2 Å². The molecule has 0 spiro atoms. The maximum Gasteiger partial charge on any atom is 0.187 e. The number of anilines is 1. The molecule has 0 aliphatic heterocycles. The number of hydrogen-bond donors (Lipinski definition) is 2. The van der Waals surface area contributed by atoms with Crippen LogP contribution in [0, 0.1) is 0 Å². The summed E-state index contributed by atoms with van der Waals surface area (Å²) in [6, 6.07) is 13.8. The van der Waals surface area contributed by atoms with E-state index in [-0.39, 0.29) is 11.5 Å². The van der Waals surface area contributed by atoms with Crippen molar-refractivity contribution >= 4 is 27.4 Å². The highest BCUT2D eigenvalue weighted by Crippen LogP contribution is 2.14. The third-order valence-corrected chi connectivity index (χ3v) is 3.01. The van der Waals surface area contributed by atoms with E-state index in [9.17, 15) is 4.79 Å². The number of benzene rings is 2. The predicted molar refractivity (Wildman–Crippen MR) is 79.3 cm³/mol. The number of phenolic OH excluding ortho intramolecular Hbond substituents is 1. The minimum absolute atomic E-state index is 0.121. The molecule has 2 rings (SSSR count). The smallest absolute Gasteiger partial charge is 0.187 e. The Kier molecular flexibility index (Phi) is 4.36. The summed E-state index contributed by atoms with van der Waals surface area (Å²) >= 11 is 3.35. The number of phenols is 1. The molecule has 0 aliphatic carbocycles. The molecule has 0 bridgehead atoms. The first-order valence-electron chi connectivity index (χ1n) is 5.67. The van der Waals surface area contributed by atoms with E-state index in [2.05, 4.69) is 21.2 Å². The van der Waals surface area contributed by atoms with Crippen molar-refractivity contribution in [2.24, 2.45) is 0 Å². The highest BCUT2D eigenvalue weighted by molar-refractivity contribution is 9.10. The van der Waals surface area contributed by atoms with Gasteiger partial charge in [-0.15, -0.1) is 0 Å². The van der Waals surface area contributed by atoms with Crippen LogP contribution in [0.4, 0.5) is 5.69 Å². The monoisotopic (exact) mass is 317 g/mol. The second-order valence-electron chi connectivity index (χ2n) is 3.90. The first kappa shape index (κ1) is 13.4. The van der Waals surface area contributed by atoms with Crippen molar-refractivity contribution < 1.29 is 9.90 Å². The topological polar surface area (TPSA) is 49.3 Å². The summed E-state index contributed by atoms with van der Waals surface area (Å²) in [5.41, 5.74) is 1.43. The Morgan fingerprint density at radius 2 is 1.68 bits per heavy atom. The number of carbonyl (C=O) groups is 1. The molecule has 96 valence electrons. The highest BCUT2D eigenvalue weighted by Gasteiger charge is 2.00. The highest BCUT2D eigenvalue weighted by atomic mass is 79.9. The lowest BCUT2D eigenvalue weighted by molar-refractivity contribution is 0.104. The SMILES string of the molecule is O=C(C=CNc1ccc(Br)cc1)c1ccc(O)cc1. The molecule has 0 amide bonds. The summed E-state index contributed by atoms with van der Waals surface area (Å²) in [7, 11) is 0. The number of rotatable bonds is 4. The predicted octanol–water partition coefficient (Wildman–Crippen LogP) is 3.96. The second kappa shape index (κ2) is 6.20. The van der Waals surface area contributed by atoms with Gasteiger partial charge < -0.3 is 10.4 Å². The van der Waals surface area contributed by atoms with Crippen LogP contribution in [0.15, 0.2) is 65.3 Å². The number of nitrogens with one attached hydrogen (secondary N) is 1. The third-order valence-electron chi connectivity index (χ3n) is 2.48. The molecule has 2 aromatic carbocycles. The lowest BCUT2D eigenvalue weighted by Crippen LogP contribution is -1.95. The normalized spacial score (nSPS) is 10.6. The molecular weight excluding hydrogens is 306 g/mol. The molecule has 0 fully saturated rings. The van der Waals surface area contributed by atoms with Gasteiger partial charge in [0, 0.05) is 28.0 Å². The molecule has 19 heavy (non-hydrogen) atoms. The molecule has 0 radical (unpaired) electrons. The zero-order valence-electron chi connectivity index (χ0n) is 10.0. The summed E-state index contributed by atoms with van der Waals surface area (Å²) in [6.45, 7) is 0. The molecule has 0 saturated heterocycles. The molecule has 0 saturated carbocycles. The van der Waals surface area contributed by atoms with Crippen molar-refractivity contribution in [1.82, 2.24) is 0 Å². The van der Waals surface area contributed by atoms with E-state index in [4.69, 9.17) is 5.11 Å². The van der Waals surface area contributed by atoms with Gasteiger partial charge in [0.1, 0.15) is 5.75 Å². The lowest BCUT2D eigenvalue weighted by atomic mass is 10.1. The first-order valence-corrected chi connectivity index (χ1v) is 6.46. The van der Waals surface area contributed by atoms with Gasteiger partial charge in [-0.25, -0.2) is 0 Å². The fourth-order valence-electron chi connectivity index (χ4n) is 1.48. The van der Waals surface area contributed by atoms with Crippen LogP contribution in [-0.4, -0.2) is 10.9 Å². The van der Waals surface area contributed by atoms with E-state index >= 15 is 0 Å². The summed E-state index contributed by atoms with van der Waals surface area (Å²) in [6.07, 6.45) is 3.05. The van der Waals surface area contributed by atoms with Crippen LogP contribution in [0.2, 0.25) is 0 Å². The molecule has 0 aliphatic rings. The van der Waals surface area contributed by atoms with Gasteiger partial charge in [-0.3, -0.25) is 4.79 Å². The summed E-state index contributed by atoms with van der Waals surface area (Å²) in [5.74, 6) is 0.0260. The fourth-order valence-corrected chi connectivity index (χ4v) is 1.75. The minimum Gasteiger partial charge on any atom is -0.508 e. The van der Waals surface area contributed by atoms with Crippen molar-refractivity contribution in [2.45, 2.75) is 0 Å². The number of ketones is 1.